The molecule has 0 aliphatic carbocycles. The van der Waals surface area contributed by atoms with Crippen molar-refractivity contribution >= 4 is 29.7 Å². The van der Waals surface area contributed by atoms with Gasteiger partial charge in [0.25, 0.3) is 0 Å². The number of amides is 3. The summed E-state index contributed by atoms with van der Waals surface area (Å²) in [6.45, 7) is 4.71. The second-order valence-corrected chi connectivity index (χ2v) is 7.36. The zero-order chi connectivity index (χ0) is 23.7. The van der Waals surface area contributed by atoms with Crippen LogP contribution in [0, 0.1) is 5.92 Å². The number of carbonyl (C=O) groups excluding carboxylic acids is 3. The second kappa shape index (κ2) is 11.6. The molecule has 1 rings (SSSR count). The Labute approximate surface area is 178 Å². The van der Waals surface area contributed by atoms with Gasteiger partial charge in [-0.2, -0.15) is 0 Å². The lowest BCUT2D eigenvalue weighted by Gasteiger charge is -2.26. The largest absolute Gasteiger partial charge is 0.481 e. The lowest BCUT2D eigenvalue weighted by Crippen LogP contribution is -2.58. The molecule has 0 radical (unpaired) electrons. The number of carboxylic acid groups (broad SMARTS) is 2. The van der Waals surface area contributed by atoms with Gasteiger partial charge in [-0.15, -0.1) is 0 Å². The minimum absolute atomic E-state index is 0.131. The molecular weight excluding hydrogens is 412 g/mol. The molecule has 3 amide bonds. The summed E-state index contributed by atoms with van der Waals surface area (Å²) in [5.41, 5.74) is 5.93. The molecule has 1 aromatic heterocycles. The van der Waals surface area contributed by atoms with Gasteiger partial charge in [-0.3, -0.25) is 19.2 Å². The molecule has 13 heteroatoms. The maximum absolute atomic E-state index is 12.6. The first kappa shape index (κ1) is 25.6. The summed E-state index contributed by atoms with van der Waals surface area (Å²) in [6, 6.07) is -4.92. The van der Waals surface area contributed by atoms with Crippen molar-refractivity contribution in [1.29, 1.82) is 0 Å². The number of aromatic amines is 1. The van der Waals surface area contributed by atoms with Crippen LogP contribution in [0.4, 0.5) is 0 Å². The number of H-pyrrole nitrogens is 1. The first-order valence-electron chi connectivity index (χ1n) is 9.50. The van der Waals surface area contributed by atoms with Gasteiger partial charge in [0.2, 0.25) is 17.7 Å². The number of hydrogen-bond acceptors (Lipinski definition) is 7. The van der Waals surface area contributed by atoms with Crippen molar-refractivity contribution in [2.75, 3.05) is 0 Å². The van der Waals surface area contributed by atoms with Crippen LogP contribution >= 0.6 is 0 Å². The Kier molecular flexibility index (Phi) is 9.60. The van der Waals surface area contributed by atoms with E-state index in [9.17, 15) is 29.1 Å². The van der Waals surface area contributed by atoms with E-state index in [4.69, 9.17) is 10.8 Å². The Morgan fingerprint density at radius 2 is 1.61 bits per heavy atom. The van der Waals surface area contributed by atoms with Crippen LogP contribution in [0.1, 0.15) is 32.9 Å². The molecule has 0 saturated heterocycles. The number of rotatable bonds is 12. The summed E-state index contributed by atoms with van der Waals surface area (Å²) in [5, 5.41) is 25.4. The first-order valence-corrected chi connectivity index (χ1v) is 9.50. The Balaban J connectivity index is 2.95. The van der Waals surface area contributed by atoms with Gasteiger partial charge in [-0.05, 0) is 12.8 Å². The highest BCUT2D eigenvalue weighted by Crippen LogP contribution is 2.06. The Bertz CT molecular complexity index is 793. The molecule has 0 aromatic carbocycles. The van der Waals surface area contributed by atoms with E-state index >= 15 is 0 Å². The van der Waals surface area contributed by atoms with Gasteiger partial charge in [0.1, 0.15) is 18.1 Å². The minimum atomic E-state index is -1.57. The van der Waals surface area contributed by atoms with E-state index in [2.05, 4.69) is 25.9 Å². The Morgan fingerprint density at radius 1 is 1.00 bits per heavy atom. The fourth-order valence-corrected chi connectivity index (χ4v) is 2.55. The molecule has 172 valence electrons. The van der Waals surface area contributed by atoms with Crippen LogP contribution < -0.4 is 21.7 Å². The maximum atomic E-state index is 12.6. The molecule has 8 N–H and O–H groups in total. The summed E-state index contributed by atoms with van der Waals surface area (Å²) in [7, 11) is 0. The van der Waals surface area contributed by atoms with Gasteiger partial charge < -0.3 is 36.9 Å². The van der Waals surface area contributed by atoms with E-state index in [0.29, 0.717) is 5.69 Å². The second-order valence-electron chi connectivity index (χ2n) is 7.36. The number of carbonyl (C=O) groups is 5. The van der Waals surface area contributed by atoms with Crippen molar-refractivity contribution < 1.29 is 34.2 Å². The third-order valence-corrected chi connectivity index (χ3v) is 4.27. The SMILES string of the molecule is CC(C)[C@H](NC(=O)[C@H](C)N)C(=O)N[C@@H](CC(=O)O)C(=O)N[C@@H](Cc1cnc[nH]1)C(=O)O. The molecule has 13 nitrogen and oxygen atoms in total. The summed E-state index contributed by atoms with van der Waals surface area (Å²) in [5.74, 6) is -5.54. The van der Waals surface area contributed by atoms with Gasteiger partial charge in [0.05, 0.1) is 18.8 Å². The molecule has 0 bridgehead atoms. The summed E-state index contributed by atoms with van der Waals surface area (Å²) in [6.07, 6.45) is 1.80. The third kappa shape index (κ3) is 8.42. The quantitative estimate of drug-likeness (QED) is 0.190. The number of aliphatic carboxylic acids is 2. The van der Waals surface area contributed by atoms with Gasteiger partial charge in [0.15, 0.2) is 0 Å². The van der Waals surface area contributed by atoms with Crippen LogP contribution in [0.3, 0.4) is 0 Å². The number of hydrogen-bond donors (Lipinski definition) is 7. The lowest BCUT2D eigenvalue weighted by atomic mass is 10.0. The minimum Gasteiger partial charge on any atom is -0.481 e. The van der Waals surface area contributed by atoms with Crippen LogP contribution in [-0.4, -0.2) is 74.0 Å². The smallest absolute Gasteiger partial charge is 0.326 e. The summed E-state index contributed by atoms with van der Waals surface area (Å²) in [4.78, 5) is 66.3. The molecule has 4 atom stereocenters. The normalized spacial score (nSPS) is 14.7. The van der Waals surface area contributed by atoms with Crippen molar-refractivity contribution in [3.05, 3.63) is 18.2 Å². The average molecular weight is 440 g/mol. The topological polar surface area (TPSA) is 217 Å². The monoisotopic (exact) mass is 440 g/mol. The fourth-order valence-electron chi connectivity index (χ4n) is 2.55. The molecule has 0 spiro atoms. The number of nitrogens with two attached hydrogens (primary N) is 1. The van der Waals surface area contributed by atoms with E-state index in [1.165, 1.54) is 19.4 Å². The maximum Gasteiger partial charge on any atom is 0.326 e. The van der Waals surface area contributed by atoms with Crippen molar-refractivity contribution in [1.82, 2.24) is 25.9 Å². The van der Waals surface area contributed by atoms with E-state index in [0.717, 1.165) is 0 Å². The average Bonchev–Trinajstić information content (AvgIpc) is 3.16. The van der Waals surface area contributed by atoms with Crippen LogP contribution in [0.2, 0.25) is 0 Å². The summed E-state index contributed by atoms with van der Waals surface area (Å²) < 4.78 is 0. The van der Waals surface area contributed by atoms with Crippen molar-refractivity contribution in [3.63, 3.8) is 0 Å². The van der Waals surface area contributed by atoms with E-state index in [1.807, 2.05) is 0 Å². The molecule has 0 aliphatic rings. The van der Waals surface area contributed by atoms with Crippen LogP contribution in [-0.2, 0) is 30.4 Å². The van der Waals surface area contributed by atoms with Crippen molar-refractivity contribution in [2.24, 2.45) is 11.7 Å². The Hall–Kier alpha value is -3.48. The molecule has 0 unspecified atom stereocenters. The van der Waals surface area contributed by atoms with Crippen molar-refractivity contribution in [2.45, 2.75) is 57.8 Å². The van der Waals surface area contributed by atoms with Crippen LogP contribution in [0.5, 0.6) is 0 Å². The standard InChI is InChI=1S/C18H28N6O7/c1-8(2)14(24-15(27)9(3)19)17(29)22-11(5-13(25)26)16(28)23-12(18(30)31)4-10-6-20-7-21-10/h6-9,11-12,14H,4-5,19H2,1-3H3,(H,20,21)(H,22,29)(H,23,28)(H,24,27)(H,25,26)(H,30,31)/t9-,11-,12-,14-/m0/s1. The van der Waals surface area contributed by atoms with Crippen LogP contribution in [0.25, 0.3) is 0 Å². The molecule has 1 heterocycles. The lowest BCUT2D eigenvalue weighted by molar-refractivity contribution is -0.143. The van der Waals surface area contributed by atoms with Gasteiger partial charge >= 0.3 is 11.9 Å². The van der Waals surface area contributed by atoms with E-state index in [-0.39, 0.29) is 6.42 Å². The highest BCUT2D eigenvalue weighted by molar-refractivity contribution is 5.95. The molecule has 0 saturated carbocycles. The Morgan fingerprint density at radius 3 is 2.06 bits per heavy atom. The molecule has 0 fully saturated rings. The number of aromatic nitrogens is 2. The first-order chi connectivity index (χ1) is 14.4. The van der Waals surface area contributed by atoms with E-state index in [1.54, 1.807) is 13.8 Å². The molecule has 1 aromatic rings. The highest BCUT2D eigenvalue weighted by Gasteiger charge is 2.32. The van der Waals surface area contributed by atoms with Gasteiger partial charge in [0, 0.05) is 18.3 Å². The third-order valence-electron chi connectivity index (χ3n) is 4.27. The summed E-state index contributed by atoms with van der Waals surface area (Å²) >= 11 is 0. The number of nitrogens with zero attached hydrogens (tertiary/aromatic N) is 1. The zero-order valence-electron chi connectivity index (χ0n) is 17.4. The van der Waals surface area contributed by atoms with Crippen molar-refractivity contribution in [3.8, 4) is 0 Å². The van der Waals surface area contributed by atoms with Gasteiger partial charge in [-0.25, -0.2) is 9.78 Å². The molecule has 0 aliphatic heterocycles. The predicted molar refractivity (Wildman–Crippen MR) is 106 cm³/mol. The number of imidazole rings is 1. The van der Waals surface area contributed by atoms with Gasteiger partial charge in [-0.1, -0.05) is 13.8 Å². The number of carboxylic acids is 2. The van der Waals surface area contributed by atoms with Crippen LogP contribution in [0.15, 0.2) is 12.5 Å². The highest BCUT2D eigenvalue weighted by atomic mass is 16.4. The number of nitrogens with one attached hydrogen (secondary N) is 4. The molecule has 31 heavy (non-hydrogen) atoms. The fraction of sp³-hybridized carbons (Fsp3) is 0.556. The predicted octanol–water partition coefficient (Wildman–Crippen LogP) is -2.03. The van der Waals surface area contributed by atoms with E-state index < -0.39 is 66.2 Å². The zero-order valence-corrected chi connectivity index (χ0v) is 17.4. The molecular formula is C18H28N6O7.